The van der Waals surface area contributed by atoms with Gasteiger partial charge in [-0.25, -0.2) is 10.9 Å². The van der Waals surface area contributed by atoms with E-state index in [2.05, 4.69) is 42.7 Å². The molecule has 11 nitrogen and oxygen atoms in total. The standard InChI is InChI=1S/C14H16N8O3S/c23-26(24,25)12-8-6-11(7-9-12)15-16-13(10-4-2-1-3-5-10)17-18-14-19-21-22-20-14/h1-9,14-15,19-22H,(H,23,24,25)/b16-13+,18-17?. The van der Waals surface area contributed by atoms with Crippen LogP contribution in [-0.2, 0) is 10.1 Å². The highest BCUT2D eigenvalue weighted by Gasteiger charge is 2.11. The van der Waals surface area contributed by atoms with Gasteiger partial charge in [-0.15, -0.1) is 10.2 Å². The van der Waals surface area contributed by atoms with Gasteiger partial charge in [-0.3, -0.25) is 9.98 Å². The lowest BCUT2D eigenvalue weighted by Crippen LogP contribution is -2.33. The van der Waals surface area contributed by atoms with Crippen molar-refractivity contribution in [3.63, 3.8) is 0 Å². The minimum Gasteiger partial charge on any atom is -0.282 e. The number of hydrogen-bond donors (Lipinski definition) is 6. The molecule has 26 heavy (non-hydrogen) atoms. The molecule has 6 N–H and O–H groups in total. The largest absolute Gasteiger partial charge is 0.294 e. The molecule has 0 aromatic heterocycles. The van der Waals surface area contributed by atoms with Crippen LogP contribution in [0, 0.1) is 0 Å². The molecule has 1 heterocycles. The third-order valence-corrected chi connectivity index (χ3v) is 4.09. The summed E-state index contributed by atoms with van der Waals surface area (Å²) in [6, 6.07) is 14.7. The Morgan fingerprint density at radius 3 is 2.27 bits per heavy atom. The van der Waals surface area contributed by atoms with Crippen molar-refractivity contribution in [3.05, 3.63) is 60.2 Å². The number of hydrazine groups is 3. The summed E-state index contributed by atoms with van der Waals surface area (Å²) in [5, 5.41) is 12.4. The van der Waals surface area contributed by atoms with Gasteiger partial charge in [0.05, 0.1) is 10.6 Å². The number of amidine groups is 1. The van der Waals surface area contributed by atoms with E-state index in [4.69, 9.17) is 4.55 Å². The molecule has 2 aromatic carbocycles. The molecule has 0 spiro atoms. The van der Waals surface area contributed by atoms with E-state index in [0.717, 1.165) is 5.56 Å². The normalized spacial score (nSPS) is 16.3. The Morgan fingerprint density at radius 1 is 1.00 bits per heavy atom. The molecule has 2 aromatic rings. The van der Waals surface area contributed by atoms with Crippen LogP contribution in [0.15, 0.2) is 74.8 Å². The molecule has 1 saturated heterocycles. The van der Waals surface area contributed by atoms with Crippen LogP contribution in [0.3, 0.4) is 0 Å². The maximum absolute atomic E-state index is 11.1. The highest BCUT2D eigenvalue weighted by molar-refractivity contribution is 7.85. The van der Waals surface area contributed by atoms with Gasteiger partial charge in [0.15, 0.2) is 0 Å². The molecule has 1 aliphatic heterocycles. The topological polar surface area (TPSA) is 152 Å². The number of anilines is 1. The average Bonchev–Trinajstić information content (AvgIpc) is 3.16. The fraction of sp³-hybridized carbons (Fsp3) is 0.0714. The number of benzene rings is 2. The molecule has 136 valence electrons. The number of azo groups is 1. The van der Waals surface area contributed by atoms with Gasteiger partial charge in [0, 0.05) is 5.56 Å². The van der Waals surface area contributed by atoms with Crippen molar-refractivity contribution in [1.29, 1.82) is 0 Å². The van der Waals surface area contributed by atoms with Crippen molar-refractivity contribution < 1.29 is 13.0 Å². The molecule has 0 atom stereocenters. The molecule has 0 saturated carbocycles. The summed E-state index contributed by atoms with van der Waals surface area (Å²) < 4.78 is 31.1. The number of nitrogens with one attached hydrogen (secondary N) is 5. The fourth-order valence-corrected chi connectivity index (χ4v) is 2.45. The highest BCUT2D eigenvalue weighted by atomic mass is 32.2. The zero-order valence-corrected chi connectivity index (χ0v) is 14.1. The Labute approximate surface area is 149 Å². The Bertz CT molecular complexity index is 894. The van der Waals surface area contributed by atoms with E-state index in [9.17, 15) is 8.42 Å². The lowest BCUT2D eigenvalue weighted by Gasteiger charge is -2.05. The summed E-state index contributed by atoms with van der Waals surface area (Å²) in [5.74, 6) is 0.319. The summed E-state index contributed by atoms with van der Waals surface area (Å²) in [6.07, 6.45) is -0.474. The molecule has 0 bridgehead atoms. The van der Waals surface area contributed by atoms with E-state index in [-0.39, 0.29) is 4.90 Å². The van der Waals surface area contributed by atoms with Crippen LogP contribution in [0.5, 0.6) is 0 Å². The first-order valence-corrected chi connectivity index (χ1v) is 8.85. The van der Waals surface area contributed by atoms with Gasteiger partial charge < -0.3 is 0 Å². The monoisotopic (exact) mass is 376 g/mol. The number of hydrazone groups is 1. The second kappa shape index (κ2) is 8.09. The molecular weight excluding hydrogens is 360 g/mol. The smallest absolute Gasteiger partial charge is 0.282 e. The third kappa shape index (κ3) is 4.89. The van der Waals surface area contributed by atoms with Gasteiger partial charge in [-0.1, -0.05) is 30.3 Å². The van der Waals surface area contributed by atoms with E-state index in [1.165, 1.54) is 24.3 Å². The maximum Gasteiger partial charge on any atom is 0.294 e. The lowest BCUT2D eigenvalue weighted by molar-refractivity contribution is 0.483. The molecule has 0 radical (unpaired) electrons. The predicted octanol–water partition coefficient (Wildman–Crippen LogP) is 0.560. The lowest BCUT2D eigenvalue weighted by atomic mass is 10.2. The summed E-state index contributed by atoms with van der Waals surface area (Å²) in [6.45, 7) is 0. The average molecular weight is 376 g/mol. The van der Waals surface area contributed by atoms with Crippen molar-refractivity contribution in [3.8, 4) is 0 Å². The molecule has 0 aliphatic carbocycles. The van der Waals surface area contributed by atoms with Crippen LogP contribution in [0.2, 0.25) is 0 Å². The minimum atomic E-state index is -4.23. The minimum absolute atomic E-state index is 0.201. The van der Waals surface area contributed by atoms with Gasteiger partial charge in [0.25, 0.3) is 10.1 Å². The van der Waals surface area contributed by atoms with Crippen LogP contribution >= 0.6 is 0 Å². The Kier molecular flexibility index (Phi) is 5.62. The quantitative estimate of drug-likeness (QED) is 0.146. The first-order chi connectivity index (χ1) is 12.5. The van der Waals surface area contributed by atoms with Crippen LogP contribution in [-0.4, -0.2) is 25.1 Å². The van der Waals surface area contributed by atoms with Crippen molar-refractivity contribution in [1.82, 2.24) is 21.9 Å². The second-order valence-corrected chi connectivity index (χ2v) is 6.49. The number of nitrogens with zero attached hydrogens (tertiary/aromatic N) is 3. The Morgan fingerprint density at radius 2 is 1.65 bits per heavy atom. The van der Waals surface area contributed by atoms with Crippen LogP contribution in [0.4, 0.5) is 5.69 Å². The summed E-state index contributed by atoms with van der Waals surface area (Å²) in [7, 11) is -4.23. The van der Waals surface area contributed by atoms with Crippen LogP contribution in [0.25, 0.3) is 0 Å². The van der Waals surface area contributed by atoms with Gasteiger partial charge in [0.1, 0.15) is 0 Å². The Hall–Kier alpha value is -2.74. The molecular formula is C14H16N8O3S. The molecule has 0 amide bonds. The van der Waals surface area contributed by atoms with E-state index in [1.807, 2.05) is 30.3 Å². The summed E-state index contributed by atoms with van der Waals surface area (Å²) in [4.78, 5) is -0.201. The van der Waals surface area contributed by atoms with Gasteiger partial charge in [-0.05, 0) is 24.3 Å². The molecule has 12 heteroatoms. The second-order valence-electron chi connectivity index (χ2n) is 5.07. The SMILES string of the molecule is O=S(=O)(O)c1ccc(N/N=C(/N=NC2NNNN2)c2ccccc2)cc1. The van der Waals surface area contributed by atoms with Gasteiger partial charge in [-0.2, -0.15) is 24.6 Å². The van der Waals surface area contributed by atoms with Gasteiger partial charge >= 0.3 is 0 Å². The molecule has 1 fully saturated rings. The number of hydrogen-bond acceptors (Lipinski definition) is 9. The zero-order chi connectivity index (χ0) is 18.4. The predicted molar refractivity (Wildman–Crippen MR) is 94.0 cm³/mol. The summed E-state index contributed by atoms with van der Waals surface area (Å²) >= 11 is 0. The fourth-order valence-electron chi connectivity index (χ4n) is 1.97. The summed E-state index contributed by atoms with van der Waals surface area (Å²) in [5.41, 5.74) is 14.8. The van der Waals surface area contributed by atoms with Crippen LogP contribution in [0.1, 0.15) is 5.56 Å². The van der Waals surface area contributed by atoms with Gasteiger partial charge in [0.2, 0.25) is 12.1 Å². The molecule has 0 unspecified atom stereocenters. The van der Waals surface area contributed by atoms with E-state index in [0.29, 0.717) is 11.5 Å². The number of rotatable bonds is 5. The molecule has 3 rings (SSSR count). The maximum atomic E-state index is 11.1. The van der Waals surface area contributed by atoms with Crippen molar-refractivity contribution in [2.45, 2.75) is 11.2 Å². The van der Waals surface area contributed by atoms with E-state index < -0.39 is 16.4 Å². The van der Waals surface area contributed by atoms with Crippen molar-refractivity contribution in [2.75, 3.05) is 5.43 Å². The van der Waals surface area contributed by atoms with E-state index in [1.54, 1.807) is 0 Å². The van der Waals surface area contributed by atoms with Crippen molar-refractivity contribution in [2.24, 2.45) is 15.3 Å². The first kappa shape index (κ1) is 18.1. The van der Waals surface area contributed by atoms with E-state index >= 15 is 0 Å². The van der Waals surface area contributed by atoms with Crippen molar-refractivity contribution >= 4 is 21.6 Å². The Balaban J connectivity index is 1.79. The third-order valence-electron chi connectivity index (χ3n) is 3.22. The molecule has 1 aliphatic rings. The highest BCUT2D eigenvalue weighted by Crippen LogP contribution is 2.14. The van der Waals surface area contributed by atoms with Crippen LogP contribution < -0.4 is 27.3 Å². The zero-order valence-electron chi connectivity index (χ0n) is 13.3. The first-order valence-electron chi connectivity index (χ1n) is 7.41.